The van der Waals surface area contributed by atoms with Crippen molar-refractivity contribution in [1.82, 2.24) is 4.57 Å². The van der Waals surface area contributed by atoms with Gasteiger partial charge in [0, 0.05) is 15.7 Å². The standard InChI is InChI=1S/C28H22BrN3O4S/c1-16-23(26(34)31-20-11-7-4-8-12-20)24(17-9-5-3-6-10-17)32-27(35)22(37-28(32)30-16)14-18-13-19(29)15-21(36-2)25(18)33/h3-15,24,33H,1-2H3,(H,31,34)/b22-14-/t24-/m0/s1. The van der Waals surface area contributed by atoms with E-state index in [4.69, 9.17) is 4.74 Å². The van der Waals surface area contributed by atoms with Crippen LogP contribution in [0.2, 0.25) is 0 Å². The van der Waals surface area contributed by atoms with E-state index < -0.39 is 6.04 Å². The van der Waals surface area contributed by atoms with E-state index in [2.05, 4.69) is 26.2 Å². The fourth-order valence-corrected chi connectivity index (χ4v) is 5.78. The number of thiazole rings is 1. The normalized spacial score (nSPS) is 15.2. The Balaban J connectivity index is 1.69. The zero-order valence-corrected chi connectivity index (χ0v) is 22.3. The van der Waals surface area contributed by atoms with Gasteiger partial charge in [-0.1, -0.05) is 75.8 Å². The third-order valence-corrected chi connectivity index (χ3v) is 7.43. The lowest BCUT2D eigenvalue weighted by Gasteiger charge is -2.25. The van der Waals surface area contributed by atoms with Crippen LogP contribution in [0.25, 0.3) is 6.08 Å². The number of aromatic hydroxyl groups is 1. The Morgan fingerprint density at radius 1 is 1.14 bits per heavy atom. The number of halogens is 1. The largest absolute Gasteiger partial charge is 0.504 e. The Morgan fingerprint density at radius 3 is 2.49 bits per heavy atom. The van der Waals surface area contributed by atoms with Gasteiger partial charge in [-0.25, -0.2) is 4.99 Å². The molecule has 1 aromatic heterocycles. The van der Waals surface area contributed by atoms with Crippen LogP contribution < -0.4 is 24.9 Å². The highest BCUT2D eigenvalue weighted by atomic mass is 79.9. The van der Waals surface area contributed by atoms with Crippen LogP contribution in [0.4, 0.5) is 5.69 Å². The van der Waals surface area contributed by atoms with Gasteiger partial charge in [-0.2, -0.15) is 0 Å². The number of nitrogens with zero attached hydrogens (tertiary/aromatic N) is 2. The van der Waals surface area contributed by atoms with Crippen LogP contribution in [-0.2, 0) is 4.79 Å². The number of benzene rings is 3. The molecule has 1 atom stereocenters. The van der Waals surface area contributed by atoms with Gasteiger partial charge in [0.15, 0.2) is 16.3 Å². The molecule has 2 heterocycles. The molecule has 3 aromatic carbocycles. The SMILES string of the molecule is COc1cc(Br)cc(/C=c2\sc3n(c2=O)[C@@H](c2ccccc2)C(C(=O)Nc2ccccc2)=C(C)N=3)c1O. The zero-order chi connectivity index (χ0) is 26.1. The van der Waals surface area contributed by atoms with E-state index in [9.17, 15) is 14.7 Å². The van der Waals surface area contributed by atoms with Crippen LogP contribution in [0.15, 0.2) is 98.3 Å². The van der Waals surface area contributed by atoms with E-state index in [0.29, 0.717) is 36.3 Å². The maximum atomic E-state index is 13.8. The molecule has 1 amide bonds. The number of phenols is 1. The van der Waals surface area contributed by atoms with Crippen molar-refractivity contribution >= 4 is 44.9 Å². The smallest absolute Gasteiger partial charge is 0.271 e. The fourth-order valence-electron chi connectivity index (χ4n) is 4.28. The summed E-state index contributed by atoms with van der Waals surface area (Å²) in [6.07, 6.45) is 1.61. The Labute approximate surface area is 224 Å². The van der Waals surface area contributed by atoms with Crippen LogP contribution >= 0.6 is 27.3 Å². The molecule has 4 aromatic rings. The molecule has 0 fully saturated rings. The Morgan fingerprint density at radius 2 is 1.81 bits per heavy atom. The number of ether oxygens (including phenoxy) is 1. The van der Waals surface area contributed by atoms with Gasteiger partial charge >= 0.3 is 0 Å². The number of fused-ring (bicyclic) bond motifs is 1. The maximum absolute atomic E-state index is 13.8. The van der Waals surface area contributed by atoms with E-state index in [0.717, 1.165) is 5.56 Å². The number of allylic oxidation sites excluding steroid dienone is 1. The first-order chi connectivity index (χ1) is 17.9. The average molecular weight is 576 g/mol. The Hall–Kier alpha value is -3.95. The molecule has 1 aliphatic rings. The van der Waals surface area contributed by atoms with Crippen molar-refractivity contribution in [2.45, 2.75) is 13.0 Å². The zero-order valence-electron chi connectivity index (χ0n) is 19.9. The fraction of sp³-hybridized carbons (Fsp3) is 0.107. The molecule has 2 N–H and O–H groups in total. The molecular formula is C28H22BrN3O4S. The third-order valence-electron chi connectivity index (χ3n) is 5.99. The van der Waals surface area contributed by atoms with Gasteiger partial charge in [0.05, 0.1) is 29.0 Å². The molecule has 186 valence electrons. The molecule has 1 aliphatic heterocycles. The van der Waals surface area contributed by atoms with Crippen LogP contribution in [0.5, 0.6) is 11.5 Å². The van der Waals surface area contributed by atoms with Crippen molar-refractivity contribution in [3.05, 3.63) is 119 Å². The summed E-state index contributed by atoms with van der Waals surface area (Å²) < 4.78 is 7.85. The van der Waals surface area contributed by atoms with E-state index in [-0.39, 0.29) is 23.0 Å². The number of anilines is 1. The maximum Gasteiger partial charge on any atom is 0.271 e. The van der Waals surface area contributed by atoms with Crippen LogP contribution in [0, 0.1) is 0 Å². The molecule has 37 heavy (non-hydrogen) atoms. The van der Waals surface area contributed by atoms with Crippen molar-refractivity contribution < 1.29 is 14.6 Å². The van der Waals surface area contributed by atoms with E-state index >= 15 is 0 Å². The van der Waals surface area contributed by atoms with Crippen molar-refractivity contribution in [3.63, 3.8) is 0 Å². The monoisotopic (exact) mass is 575 g/mol. The van der Waals surface area contributed by atoms with Gasteiger partial charge in [-0.15, -0.1) is 0 Å². The van der Waals surface area contributed by atoms with Crippen molar-refractivity contribution in [2.75, 3.05) is 12.4 Å². The lowest BCUT2D eigenvalue weighted by molar-refractivity contribution is -0.113. The highest BCUT2D eigenvalue weighted by molar-refractivity contribution is 9.10. The van der Waals surface area contributed by atoms with E-state index in [1.165, 1.54) is 18.4 Å². The summed E-state index contributed by atoms with van der Waals surface area (Å²) in [5.74, 6) is -0.119. The minimum Gasteiger partial charge on any atom is -0.504 e. The van der Waals surface area contributed by atoms with Gasteiger partial charge in [0.2, 0.25) is 0 Å². The number of carbonyl (C=O) groups excluding carboxylic acids is 1. The molecule has 7 nitrogen and oxygen atoms in total. The quantitative estimate of drug-likeness (QED) is 0.370. The van der Waals surface area contributed by atoms with Crippen LogP contribution in [0.3, 0.4) is 0 Å². The molecule has 0 aliphatic carbocycles. The summed E-state index contributed by atoms with van der Waals surface area (Å²) in [4.78, 5) is 32.4. The second kappa shape index (κ2) is 10.2. The number of nitrogens with one attached hydrogen (secondary N) is 1. The number of para-hydroxylation sites is 1. The number of amides is 1. The van der Waals surface area contributed by atoms with Gasteiger partial charge in [0.25, 0.3) is 11.5 Å². The predicted octanol–water partition coefficient (Wildman–Crippen LogP) is 4.35. The number of rotatable bonds is 5. The molecule has 5 rings (SSSR count). The van der Waals surface area contributed by atoms with Crippen molar-refractivity contribution in [1.29, 1.82) is 0 Å². The summed E-state index contributed by atoms with van der Waals surface area (Å²) in [7, 11) is 1.46. The molecule has 0 spiro atoms. The average Bonchev–Trinajstić information content (AvgIpc) is 3.20. The third kappa shape index (κ3) is 4.75. The van der Waals surface area contributed by atoms with Gasteiger partial charge in [0.1, 0.15) is 0 Å². The number of hydrogen-bond donors (Lipinski definition) is 2. The number of phenolic OH excluding ortho intramolecular Hbond substituents is 1. The van der Waals surface area contributed by atoms with Gasteiger partial charge in [-0.05, 0) is 42.8 Å². The minimum atomic E-state index is -0.672. The molecule has 9 heteroatoms. The summed E-state index contributed by atoms with van der Waals surface area (Å²) in [5, 5.41) is 13.6. The van der Waals surface area contributed by atoms with Crippen LogP contribution in [0.1, 0.15) is 24.1 Å². The predicted molar refractivity (Wildman–Crippen MR) is 148 cm³/mol. The summed E-state index contributed by atoms with van der Waals surface area (Å²) in [5.41, 5.74) is 2.47. The van der Waals surface area contributed by atoms with E-state index in [1.807, 2.05) is 48.5 Å². The molecular weight excluding hydrogens is 554 g/mol. The molecule has 0 saturated heterocycles. The Kier molecular flexibility index (Phi) is 6.82. The first-order valence-electron chi connectivity index (χ1n) is 11.4. The summed E-state index contributed by atoms with van der Waals surface area (Å²) >= 11 is 4.61. The lowest BCUT2D eigenvalue weighted by Crippen LogP contribution is -2.40. The highest BCUT2D eigenvalue weighted by Gasteiger charge is 2.32. The molecule has 0 radical (unpaired) electrons. The van der Waals surface area contributed by atoms with Crippen molar-refractivity contribution in [3.8, 4) is 11.5 Å². The lowest BCUT2D eigenvalue weighted by atomic mass is 9.95. The van der Waals surface area contributed by atoms with Gasteiger partial charge in [-0.3, -0.25) is 14.2 Å². The number of aromatic nitrogens is 1. The molecule has 0 bridgehead atoms. The molecule has 0 unspecified atom stereocenters. The second-order valence-corrected chi connectivity index (χ2v) is 10.3. The first-order valence-corrected chi connectivity index (χ1v) is 13.0. The second-order valence-electron chi connectivity index (χ2n) is 8.36. The number of hydrogen-bond acceptors (Lipinski definition) is 6. The summed E-state index contributed by atoms with van der Waals surface area (Å²) in [6, 6.07) is 21.3. The van der Waals surface area contributed by atoms with E-state index in [1.54, 1.807) is 41.8 Å². The summed E-state index contributed by atoms with van der Waals surface area (Å²) in [6.45, 7) is 1.78. The first kappa shape index (κ1) is 24.7. The van der Waals surface area contributed by atoms with Crippen LogP contribution in [-0.4, -0.2) is 22.7 Å². The number of carbonyl (C=O) groups is 1. The Bertz CT molecular complexity index is 1710. The topological polar surface area (TPSA) is 92.9 Å². The highest BCUT2D eigenvalue weighted by Crippen LogP contribution is 2.34. The molecule has 0 saturated carbocycles. The van der Waals surface area contributed by atoms with Gasteiger partial charge < -0.3 is 15.2 Å². The van der Waals surface area contributed by atoms with Crippen molar-refractivity contribution in [2.24, 2.45) is 4.99 Å². The number of methoxy groups -OCH3 is 1. The minimum absolute atomic E-state index is 0.0738.